The Morgan fingerprint density at radius 3 is 2.59 bits per heavy atom. The number of H-pyrrole nitrogens is 1. The summed E-state index contributed by atoms with van der Waals surface area (Å²) >= 11 is 0. The van der Waals surface area contributed by atoms with Crippen LogP contribution in [0.15, 0.2) is 12.1 Å². The molecule has 1 aliphatic heterocycles. The molecule has 0 aliphatic carbocycles. The normalized spacial score (nSPS) is 14.7. The summed E-state index contributed by atoms with van der Waals surface area (Å²) in [6.45, 7) is 7.36. The molecule has 0 unspecified atom stereocenters. The average Bonchev–Trinajstić information content (AvgIpc) is 2.77. The summed E-state index contributed by atoms with van der Waals surface area (Å²) in [5.74, 6) is 0.986. The van der Waals surface area contributed by atoms with Gasteiger partial charge in [0.05, 0.1) is 43.2 Å². The second-order valence-electron chi connectivity index (χ2n) is 5.79. The van der Waals surface area contributed by atoms with Gasteiger partial charge >= 0.3 is 5.97 Å². The van der Waals surface area contributed by atoms with Gasteiger partial charge in [-0.25, -0.2) is 9.78 Å². The van der Waals surface area contributed by atoms with Crippen LogP contribution in [0.3, 0.4) is 0 Å². The number of carbonyl (C=O) groups is 1. The highest BCUT2D eigenvalue weighted by Crippen LogP contribution is 2.31. The Hall–Kier alpha value is -2.14. The molecule has 1 N–H and O–H groups in total. The molecule has 0 atom stereocenters. The van der Waals surface area contributed by atoms with Crippen LogP contribution >= 0.6 is 0 Å². The Morgan fingerprint density at radius 1 is 1.27 bits per heavy atom. The fraction of sp³-hybridized carbons (Fsp3) is 0.412. The van der Waals surface area contributed by atoms with Gasteiger partial charge in [-0.2, -0.15) is 0 Å². The van der Waals surface area contributed by atoms with Gasteiger partial charge < -0.3 is 14.5 Å². The molecule has 5 nitrogen and oxygen atoms in total. The van der Waals surface area contributed by atoms with Crippen LogP contribution in [0.25, 0.3) is 11.3 Å². The lowest BCUT2D eigenvalue weighted by atomic mass is 9.97. The van der Waals surface area contributed by atoms with Gasteiger partial charge in [-0.1, -0.05) is 6.07 Å². The predicted octanol–water partition coefficient (Wildman–Crippen LogP) is 2.90. The molecule has 3 rings (SSSR count). The van der Waals surface area contributed by atoms with E-state index in [-0.39, 0.29) is 5.97 Å². The summed E-state index contributed by atoms with van der Waals surface area (Å²) in [5, 5.41) is 0. The van der Waals surface area contributed by atoms with Crippen molar-refractivity contribution >= 4 is 5.97 Å². The molecule has 2 aromatic rings. The summed E-state index contributed by atoms with van der Waals surface area (Å²) < 4.78 is 10.1. The Bertz CT molecular complexity index is 730. The van der Waals surface area contributed by atoms with Crippen LogP contribution in [0, 0.1) is 20.8 Å². The number of carbonyl (C=O) groups excluding carboxylic acids is 1. The minimum absolute atomic E-state index is 0.316. The lowest BCUT2D eigenvalue weighted by Crippen LogP contribution is -2.26. The minimum atomic E-state index is -0.316. The zero-order valence-electron chi connectivity index (χ0n) is 13.3. The standard InChI is InChI=1S/C17H20N2O3/c1-9-5-10(2)14(17(20)21-4)6-13(9)15-11(3)18-16(19-15)12-7-22-8-12/h5-6,12H,7-8H2,1-4H3,(H,18,19). The van der Waals surface area contributed by atoms with E-state index in [9.17, 15) is 4.79 Å². The smallest absolute Gasteiger partial charge is 0.338 e. The van der Waals surface area contributed by atoms with E-state index >= 15 is 0 Å². The van der Waals surface area contributed by atoms with Crippen LogP contribution in [0.4, 0.5) is 0 Å². The molecule has 1 aliphatic rings. The first-order chi connectivity index (χ1) is 10.5. The molecule has 0 spiro atoms. The van der Waals surface area contributed by atoms with Crippen molar-refractivity contribution in [3.8, 4) is 11.3 Å². The van der Waals surface area contributed by atoms with E-state index in [1.165, 1.54) is 7.11 Å². The number of imidazole rings is 1. The number of methoxy groups -OCH3 is 1. The van der Waals surface area contributed by atoms with E-state index in [0.29, 0.717) is 24.7 Å². The third-order valence-corrected chi connectivity index (χ3v) is 4.17. The summed E-state index contributed by atoms with van der Waals surface area (Å²) in [7, 11) is 1.40. The Morgan fingerprint density at radius 2 is 2.00 bits per heavy atom. The maximum absolute atomic E-state index is 11.9. The van der Waals surface area contributed by atoms with Crippen LogP contribution in [0.5, 0.6) is 0 Å². The minimum Gasteiger partial charge on any atom is -0.465 e. The highest BCUT2D eigenvalue weighted by Gasteiger charge is 2.25. The van der Waals surface area contributed by atoms with Crippen LogP contribution in [0.1, 0.15) is 38.9 Å². The van der Waals surface area contributed by atoms with E-state index in [1.54, 1.807) is 0 Å². The van der Waals surface area contributed by atoms with Gasteiger partial charge in [-0.3, -0.25) is 0 Å². The van der Waals surface area contributed by atoms with Crippen LogP contribution in [-0.4, -0.2) is 36.3 Å². The van der Waals surface area contributed by atoms with Crippen molar-refractivity contribution in [2.24, 2.45) is 0 Å². The van der Waals surface area contributed by atoms with E-state index < -0.39 is 0 Å². The molecular formula is C17H20N2O3. The van der Waals surface area contributed by atoms with Crippen molar-refractivity contribution < 1.29 is 14.3 Å². The largest absolute Gasteiger partial charge is 0.465 e. The number of nitrogens with one attached hydrogen (secondary N) is 1. The summed E-state index contributed by atoms with van der Waals surface area (Å²) in [4.78, 5) is 19.9. The second-order valence-corrected chi connectivity index (χ2v) is 5.79. The number of aromatic amines is 1. The van der Waals surface area contributed by atoms with Crippen LogP contribution in [0.2, 0.25) is 0 Å². The number of benzene rings is 1. The van der Waals surface area contributed by atoms with E-state index in [0.717, 1.165) is 33.9 Å². The summed E-state index contributed by atoms with van der Waals surface area (Å²) in [5.41, 5.74) is 5.49. The fourth-order valence-electron chi connectivity index (χ4n) is 2.78. The third-order valence-electron chi connectivity index (χ3n) is 4.17. The molecule has 0 saturated carbocycles. The zero-order chi connectivity index (χ0) is 15.9. The number of rotatable bonds is 3. The molecular weight excluding hydrogens is 280 g/mol. The van der Waals surface area contributed by atoms with E-state index in [2.05, 4.69) is 9.97 Å². The predicted molar refractivity (Wildman–Crippen MR) is 83.1 cm³/mol. The lowest BCUT2D eigenvalue weighted by molar-refractivity contribution is 0.00518. The first kappa shape index (κ1) is 14.8. The number of nitrogens with zero attached hydrogens (tertiary/aromatic N) is 1. The molecule has 1 saturated heterocycles. The van der Waals surface area contributed by atoms with Crippen molar-refractivity contribution in [3.05, 3.63) is 40.3 Å². The Labute approximate surface area is 129 Å². The van der Waals surface area contributed by atoms with Gasteiger partial charge in [-0.05, 0) is 38.0 Å². The Kier molecular flexibility index (Phi) is 3.74. The molecule has 22 heavy (non-hydrogen) atoms. The molecule has 1 aromatic heterocycles. The fourth-order valence-corrected chi connectivity index (χ4v) is 2.78. The first-order valence-electron chi connectivity index (χ1n) is 7.35. The molecule has 5 heteroatoms. The SMILES string of the molecule is COC(=O)c1cc(-c2[nH]c(C3COC3)nc2C)c(C)cc1C. The van der Waals surface area contributed by atoms with Gasteiger partial charge in [-0.15, -0.1) is 0 Å². The van der Waals surface area contributed by atoms with E-state index in [4.69, 9.17) is 9.47 Å². The quantitative estimate of drug-likeness (QED) is 0.885. The van der Waals surface area contributed by atoms with Crippen molar-refractivity contribution in [3.63, 3.8) is 0 Å². The van der Waals surface area contributed by atoms with Crippen molar-refractivity contribution in [1.29, 1.82) is 0 Å². The molecule has 0 bridgehead atoms. The summed E-state index contributed by atoms with van der Waals surface area (Å²) in [6.07, 6.45) is 0. The van der Waals surface area contributed by atoms with Gasteiger partial charge in [0, 0.05) is 5.56 Å². The number of aryl methyl sites for hydroxylation is 3. The van der Waals surface area contributed by atoms with Gasteiger partial charge in [0.1, 0.15) is 5.82 Å². The number of aromatic nitrogens is 2. The van der Waals surface area contributed by atoms with Crippen LogP contribution < -0.4 is 0 Å². The molecule has 0 amide bonds. The van der Waals surface area contributed by atoms with Crippen LogP contribution in [-0.2, 0) is 9.47 Å². The van der Waals surface area contributed by atoms with Crippen molar-refractivity contribution in [2.45, 2.75) is 26.7 Å². The zero-order valence-corrected chi connectivity index (χ0v) is 13.3. The first-order valence-corrected chi connectivity index (χ1v) is 7.35. The van der Waals surface area contributed by atoms with Gasteiger partial charge in [0.15, 0.2) is 0 Å². The molecule has 0 radical (unpaired) electrons. The maximum Gasteiger partial charge on any atom is 0.338 e. The second kappa shape index (κ2) is 5.57. The monoisotopic (exact) mass is 300 g/mol. The number of esters is 1. The molecule has 1 aromatic carbocycles. The molecule has 116 valence electrons. The van der Waals surface area contributed by atoms with Gasteiger partial charge in [0.2, 0.25) is 0 Å². The van der Waals surface area contributed by atoms with Gasteiger partial charge in [0.25, 0.3) is 0 Å². The lowest BCUT2D eigenvalue weighted by Gasteiger charge is -2.23. The van der Waals surface area contributed by atoms with Crippen molar-refractivity contribution in [1.82, 2.24) is 9.97 Å². The number of hydrogen-bond acceptors (Lipinski definition) is 4. The van der Waals surface area contributed by atoms with Crippen molar-refractivity contribution in [2.75, 3.05) is 20.3 Å². The highest BCUT2D eigenvalue weighted by atomic mass is 16.5. The highest BCUT2D eigenvalue weighted by molar-refractivity contribution is 5.93. The number of hydrogen-bond donors (Lipinski definition) is 1. The third kappa shape index (κ3) is 2.41. The molecule has 2 heterocycles. The molecule has 1 fully saturated rings. The average molecular weight is 300 g/mol. The summed E-state index contributed by atoms with van der Waals surface area (Å²) in [6, 6.07) is 3.89. The topological polar surface area (TPSA) is 64.2 Å². The van der Waals surface area contributed by atoms with E-state index in [1.807, 2.05) is 32.9 Å². The Balaban J connectivity index is 2.07. The maximum atomic E-state index is 11.9. The number of ether oxygens (including phenoxy) is 2.